The molecule has 0 aromatic heterocycles. The second-order valence-electron chi connectivity index (χ2n) is 2.40. The van der Waals surface area contributed by atoms with Crippen molar-refractivity contribution in [3.05, 3.63) is 12.2 Å². The Morgan fingerprint density at radius 3 is 2.70 bits per heavy atom. The Morgan fingerprint density at radius 1 is 1.70 bits per heavy atom. The molecule has 1 atom stereocenters. The van der Waals surface area contributed by atoms with Crippen LogP contribution < -0.4 is 0 Å². The minimum atomic E-state index is -0.384. The molecule has 0 aromatic carbocycles. The van der Waals surface area contributed by atoms with Gasteiger partial charge in [-0.15, -0.1) is 0 Å². The van der Waals surface area contributed by atoms with Gasteiger partial charge in [0, 0.05) is 7.11 Å². The predicted octanol–water partition coefficient (Wildman–Crippen LogP) is 1.35. The molecule has 0 bridgehead atoms. The molecular formula is C8H16O2. The number of ether oxygens (including phenoxy) is 1. The van der Waals surface area contributed by atoms with Crippen LogP contribution >= 0.6 is 0 Å². The molecule has 0 fully saturated rings. The maximum atomic E-state index is 9.27. The Kier molecular flexibility index (Phi) is 5.26. The van der Waals surface area contributed by atoms with Crippen molar-refractivity contribution in [2.24, 2.45) is 0 Å². The van der Waals surface area contributed by atoms with Crippen molar-refractivity contribution >= 4 is 0 Å². The van der Waals surface area contributed by atoms with Crippen molar-refractivity contribution in [2.45, 2.75) is 25.9 Å². The predicted molar refractivity (Wildman–Crippen MR) is 41.9 cm³/mol. The third kappa shape index (κ3) is 3.64. The van der Waals surface area contributed by atoms with Crippen molar-refractivity contribution < 1.29 is 9.84 Å². The van der Waals surface area contributed by atoms with Crippen molar-refractivity contribution in [1.29, 1.82) is 0 Å². The molecule has 0 aromatic rings. The monoisotopic (exact) mass is 144 g/mol. The highest BCUT2D eigenvalue weighted by Crippen LogP contribution is 2.05. The van der Waals surface area contributed by atoms with Gasteiger partial charge in [0.05, 0.1) is 12.7 Å². The molecule has 1 N–H and O–H groups in total. The summed E-state index contributed by atoms with van der Waals surface area (Å²) in [5, 5.41) is 9.27. The number of aliphatic hydroxyl groups excluding tert-OH is 1. The summed E-state index contributed by atoms with van der Waals surface area (Å²) >= 11 is 0. The van der Waals surface area contributed by atoms with E-state index in [1.54, 1.807) is 7.11 Å². The third-order valence-corrected chi connectivity index (χ3v) is 1.36. The molecule has 0 saturated heterocycles. The Labute approximate surface area is 62.5 Å². The summed E-state index contributed by atoms with van der Waals surface area (Å²) in [5.74, 6) is 0. The summed E-state index contributed by atoms with van der Waals surface area (Å²) < 4.78 is 4.81. The first kappa shape index (κ1) is 9.66. The molecule has 2 heteroatoms. The average molecular weight is 144 g/mol. The van der Waals surface area contributed by atoms with Crippen LogP contribution in [0.3, 0.4) is 0 Å². The second-order valence-corrected chi connectivity index (χ2v) is 2.40. The molecule has 0 aliphatic carbocycles. The Morgan fingerprint density at radius 2 is 2.30 bits per heavy atom. The lowest BCUT2D eigenvalue weighted by Crippen LogP contribution is -2.12. The molecule has 0 aliphatic heterocycles. The van der Waals surface area contributed by atoms with Gasteiger partial charge in [0.15, 0.2) is 0 Å². The van der Waals surface area contributed by atoms with Crippen LogP contribution in [-0.2, 0) is 4.74 Å². The van der Waals surface area contributed by atoms with Gasteiger partial charge in [-0.1, -0.05) is 19.9 Å². The maximum absolute atomic E-state index is 9.27. The average Bonchev–Trinajstić information content (AvgIpc) is 1.89. The highest BCUT2D eigenvalue weighted by molar-refractivity contribution is 5.01. The van der Waals surface area contributed by atoms with Gasteiger partial charge in [0.25, 0.3) is 0 Å². The van der Waals surface area contributed by atoms with Gasteiger partial charge in [-0.3, -0.25) is 0 Å². The summed E-state index contributed by atoms with van der Waals surface area (Å²) in [6.07, 6.45) is 1.37. The highest BCUT2D eigenvalue weighted by Gasteiger charge is 2.05. The SMILES string of the molecule is C=C(COC)C(O)CCC. The van der Waals surface area contributed by atoms with Crippen LogP contribution in [0.5, 0.6) is 0 Å². The van der Waals surface area contributed by atoms with Gasteiger partial charge in [0.1, 0.15) is 0 Å². The highest BCUT2D eigenvalue weighted by atomic mass is 16.5. The summed E-state index contributed by atoms with van der Waals surface area (Å²) in [4.78, 5) is 0. The zero-order valence-electron chi connectivity index (χ0n) is 6.76. The van der Waals surface area contributed by atoms with E-state index in [1.165, 1.54) is 0 Å². The van der Waals surface area contributed by atoms with Crippen LogP contribution in [0.1, 0.15) is 19.8 Å². The number of methoxy groups -OCH3 is 1. The minimum absolute atomic E-state index is 0.384. The fourth-order valence-electron chi connectivity index (χ4n) is 0.759. The lowest BCUT2D eigenvalue weighted by atomic mass is 10.1. The van der Waals surface area contributed by atoms with Crippen LogP contribution in [0.2, 0.25) is 0 Å². The topological polar surface area (TPSA) is 29.5 Å². The van der Waals surface area contributed by atoms with E-state index in [0.717, 1.165) is 18.4 Å². The van der Waals surface area contributed by atoms with E-state index in [-0.39, 0.29) is 6.10 Å². The summed E-state index contributed by atoms with van der Waals surface area (Å²) in [6.45, 7) is 6.18. The van der Waals surface area contributed by atoms with Crippen LogP contribution in [0.15, 0.2) is 12.2 Å². The van der Waals surface area contributed by atoms with Crippen LogP contribution in [0.4, 0.5) is 0 Å². The first-order valence-corrected chi connectivity index (χ1v) is 3.57. The van der Waals surface area contributed by atoms with Gasteiger partial charge in [-0.05, 0) is 12.0 Å². The van der Waals surface area contributed by atoms with Crippen LogP contribution in [0, 0.1) is 0 Å². The van der Waals surface area contributed by atoms with E-state index in [9.17, 15) is 5.11 Å². The van der Waals surface area contributed by atoms with Gasteiger partial charge in [0.2, 0.25) is 0 Å². The molecule has 10 heavy (non-hydrogen) atoms. The Hall–Kier alpha value is -0.340. The minimum Gasteiger partial charge on any atom is -0.389 e. The molecule has 0 saturated carbocycles. The summed E-state index contributed by atoms with van der Waals surface area (Å²) in [7, 11) is 1.60. The van der Waals surface area contributed by atoms with Gasteiger partial charge in [-0.25, -0.2) is 0 Å². The Bertz CT molecular complexity index is 99.4. The number of hydrogen-bond donors (Lipinski definition) is 1. The van der Waals surface area contributed by atoms with Gasteiger partial charge in [-0.2, -0.15) is 0 Å². The smallest absolute Gasteiger partial charge is 0.0769 e. The number of hydrogen-bond acceptors (Lipinski definition) is 2. The summed E-state index contributed by atoms with van der Waals surface area (Å²) in [6, 6.07) is 0. The van der Waals surface area contributed by atoms with E-state index < -0.39 is 0 Å². The molecule has 0 heterocycles. The third-order valence-electron chi connectivity index (χ3n) is 1.36. The fraction of sp³-hybridized carbons (Fsp3) is 0.750. The molecule has 0 spiro atoms. The van der Waals surface area contributed by atoms with Crippen LogP contribution in [-0.4, -0.2) is 24.9 Å². The van der Waals surface area contributed by atoms with Gasteiger partial charge < -0.3 is 9.84 Å². The standard InChI is InChI=1S/C8H16O2/c1-4-5-8(9)7(2)6-10-3/h8-9H,2,4-6H2,1,3H3. The quantitative estimate of drug-likeness (QED) is 0.590. The van der Waals surface area contributed by atoms with Crippen molar-refractivity contribution in [2.75, 3.05) is 13.7 Å². The molecule has 0 aliphatic rings. The molecule has 0 amide bonds. The molecule has 60 valence electrons. The van der Waals surface area contributed by atoms with E-state index >= 15 is 0 Å². The molecule has 0 rings (SSSR count). The molecule has 1 unspecified atom stereocenters. The second kappa shape index (κ2) is 5.45. The fourth-order valence-corrected chi connectivity index (χ4v) is 0.759. The van der Waals surface area contributed by atoms with Crippen LogP contribution in [0.25, 0.3) is 0 Å². The first-order valence-electron chi connectivity index (χ1n) is 3.57. The van der Waals surface area contributed by atoms with E-state index in [4.69, 9.17) is 4.74 Å². The lowest BCUT2D eigenvalue weighted by Gasteiger charge is -2.10. The van der Waals surface area contributed by atoms with Crippen molar-refractivity contribution in [3.63, 3.8) is 0 Å². The largest absolute Gasteiger partial charge is 0.389 e. The number of rotatable bonds is 5. The molecule has 0 radical (unpaired) electrons. The molecular weight excluding hydrogens is 128 g/mol. The first-order chi connectivity index (χ1) is 4.72. The summed E-state index contributed by atoms with van der Waals surface area (Å²) in [5.41, 5.74) is 0.768. The van der Waals surface area contributed by atoms with E-state index in [0.29, 0.717) is 6.61 Å². The lowest BCUT2D eigenvalue weighted by molar-refractivity contribution is 0.157. The molecule has 2 nitrogen and oxygen atoms in total. The van der Waals surface area contributed by atoms with Crippen molar-refractivity contribution in [1.82, 2.24) is 0 Å². The number of aliphatic hydroxyl groups is 1. The van der Waals surface area contributed by atoms with Crippen molar-refractivity contribution in [3.8, 4) is 0 Å². The van der Waals surface area contributed by atoms with E-state index in [2.05, 4.69) is 6.58 Å². The maximum Gasteiger partial charge on any atom is 0.0769 e. The zero-order valence-corrected chi connectivity index (χ0v) is 6.76. The normalized spacial score (nSPS) is 13.1. The van der Waals surface area contributed by atoms with E-state index in [1.807, 2.05) is 6.92 Å². The zero-order chi connectivity index (χ0) is 7.98. The van der Waals surface area contributed by atoms with Gasteiger partial charge >= 0.3 is 0 Å². The Balaban J connectivity index is 3.49.